The molecule has 2 fully saturated rings. The van der Waals surface area contributed by atoms with E-state index in [0.29, 0.717) is 29.1 Å². The lowest BCUT2D eigenvalue weighted by Crippen LogP contribution is -2.36. The molecule has 0 amide bonds. The molecule has 160 valence electrons. The number of rotatable bonds is 7. The van der Waals surface area contributed by atoms with Crippen molar-refractivity contribution in [1.82, 2.24) is 4.90 Å². The van der Waals surface area contributed by atoms with Gasteiger partial charge in [0.1, 0.15) is 5.82 Å². The quantitative estimate of drug-likeness (QED) is 0.569. The first-order valence-corrected chi connectivity index (χ1v) is 11.0. The van der Waals surface area contributed by atoms with Crippen LogP contribution in [0.1, 0.15) is 58.6 Å². The number of likely N-dealkylation sites (tertiary alicyclic amines) is 1. The smallest absolute Gasteiger partial charge is 0.338 e. The normalized spacial score (nSPS) is 18.0. The second kappa shape index (κ2) is 9.23. The molecule has 30 heavy (non-hydrogen) atoms. The second-order valence-corrected chi connectivity index (χ2v) is 9.05. The number of benzene rings is 2. The summed E-state index contributed by atoms with van der Waals surface area (Å²) in [6.07, 6.45) is 4.03. The maximum absolute atomic E-state index is 14.3. The molecule has 4 nitrogen and oxygen atoms in total. The minimum atomic E-state index is -1.21. The number of piperidine rings is 1. The third-order valence-corrected chi connectivity index (χ3v) is 6.25. The Morgan fingerprint density at radius 1 is 1.07 bits per heavy atom. The molecule has 0 atom stereocenters. The highest BCUT2D eigenvalue weighted by molar-refractivity contribution is 6.34. The number of hydrogen-bond acceptors (Lipinski definition) is 3. The lowest BCUT2D eigenvalue weighted by Gasteiger charge is -2.32. The summed E-state index contributed by atoms with van der Waals surface area (Å²) >= 11 is 12.1. The van der Waals surface area contributed by atoms with Gasteiger partial charge in [0.25, 0.3) is 0 Å². The van der Waals surface area contributed by atoms with Gasteiger partial charge in [-0.15, -0.1) is 0 Å². The molecule has 0 aromatic heterocycles. The fourth-order valence-corrected chi connectivity index (χ4v) is 4.66. The summed E-state index contributed by atoms with van der Waals surface area (Å²) in [4.78, 5) is 13.6. The predicted molar refractivity (Wildman–Crippen MR) is 115 cm³/mol. The van der Waals surface area contributed by atoms with Crippen molar-refractivity contribution in [3.8, 4) is 0 Å². The summed E-state index contributed by atoms with van der Waals surface area (Å²) in [5, 5.41) is 10.4. The summed E-state index contributed by atoms with van der Waals surface area (Å²) < 4.78 is 20.3. The highest BCUT2D eigenvalue weighted by atomic mass is 35.5. The van der Waals surface area contributed by atoms with Gasteiger partial charge in [-0.3, -0.25) is 4.90 Å². The third-order valence-electron chi connectivity index (χ3n) is 5.81. The van der Waals surface area contributed by atoms with Gasteiger partial charge in [0, 0.05) is 29.7 Å². The van der Waals surface area contributed by atoms with Gasteiger partial charge >= 0.3 is 5.97 Å². The first kappa shape index (κ1) is 21.6. The summed E-state index contributed by atoms with van der Waals surface area (Å²) in [6, 6.07) is 8.38. The Hall–Kier alpha value is -1.66. The molecule has 1 saturated carbocycles. The minimum Gasteiger partial charge on any atom is -0.478 e. The molecular weight excluding hydrogens is 428 g/mol. The van der Waals surface area contributed by atoms with Gasteiger partial charge in [0.2, 0.25) is 0 Å². The number of hydrogen-bond donors (Lipinski definition) is 1. The van der Waals surface area contributed by atoms with E-state index in [1.807, 2.05) is 12.1 Å². The van der Waals surface area contributed by atoms with Crippen molar-refractivity contribution < 1.29 is 19.0 Å². The number of aromatic carboxylic acids is 1. The minimum absolute atomic E-state index is 0.160. The van der Waals surface area contributed by atoms with Crippen molar-refractivity contribution in [3.05, 3.63) is 68.4 Å². The number of ether oxygens (including phenoxy) is 1. The lowest BCUT2D eigenvalue weighted by atomic mass is 9.98. The molecule has 1 aliphatic carbocycles. The van der Waals surface area contributed by atoms with Crippen LogP contribution in [-0.2, 0) is 17.9 Å². The number of nitrogens with zero attached hydrogens (tertiary/aromatic N) is 1. The van der Waals surface area contributed by atoms with E-state index in [1.54, 1.807) is 6.07 Å². The van der Waals surface area contributed by atoms with Gasteiger partial charge in [0.15, 0.2) is 0 Å². The zero-order chi connectivity index (χ0) is 21.3. The van der Waals surface area contributed by atoms with E-state index >= 15 is 0 Å². The SMILES string of the molecule is O=C(O)c1cc(C2CC2)c(CN2CCC(OCc3cc(Cl)cc(Cl)c3)CC2)cc1F. The third kappa shape index (κ3) is 5.33. The van der Waals surface area contributed by atoms with E-state index in [2.05, 4.69) is 4.90 Å². The molecule has 1 N–H and O–H groups in total. The molecule has 2 aromatic rings. The van der Waals surface area contributed by atoms with Crippen molar-refractivity contribution in [1.29, 1.82) is 0 Å². The Bertz CT molecular complexity index is 920. The van der Waals surface area contributed by atoms with E-state index in [-0.39, 0.29) is 11.7 Å². The van der Waals surface area contributed by atoms with Gasteiger partial charge in [0.05, 0.1) is 18.3 Å². The highest BCUT2D eigenvalue weighted by Crippen LogP contribution is 2.43. The molecule has 2 aliphatic rings. The van der Waals surface area contributed by atoms with Gasteiger partial charge in [-0.2, -0.15) is 0 Å². The maximum atomic E-state index is 14.3. The average molecular weight is 452 g/mol. The van der Waals surface area contributed by atoms with Gasteiger partial charge < -0.3 is 9.84 Å². The molecule has 1 saturated heterocycles. The van der Waals surface area contributed by atoms with E-state index < -0.39 is 11.8 Å². The van der Waals surface area contributed by atoms with Crippen LogP contribution in [0.25, 0.3) is 0 Å². The fourth-order valence-electron chi connectivity index (χ4n) is 4.09. The Kier molecular flexibility index (Phi) is 6.63. The van der Waals surface area contributed by atoms with Gasteiger partial charge in [-0.1, -0.05) is 23.2 Å². The van der Waals surface area contributed by atoms with Crippen LogP contribution in [0.3, 0.4) is 0 Å². The van der Waals surface area contributed by atoms with Crippen LogP contribution in [0.5, 0.6) is 0 Å². The standard InChI is InChI=1S/C23H24Cl2FNO3/c24-17-7-14(8-18(25)10-17)13-30-19-3-5-27(6-4-19)12-16-9-22(26)21(23(28)29)11-20(16)15-1-2-15/h7-11,15,19H,1-6,12-13H2,(H,28,29). The van der Waals surface area contributed by atoms with Crippen LogP contribution in [-0.4, -0.2) is 35.2 Å². The molecule has 1 heterocycles. The van der Waals surface area contributed by atoms with E-state index in [1.165, 1.54) is 12.1 Å². The zero-order valence-electron chi connectivity index (χ0n) is 16.5. The molecule has 1 aliphatic heterocycles. The summed E-state index contributed by atoms with van der Waals surface area (Å²) in [7, 11) is 0. The van der Waals surface area contributed by atoms with Crippen molar-refractivity contribution in [2.24, 2.45) is 0 Å². The van der Waals surface area contributed by atoms with Crippen LogP contribution in [0.2, 0.25) is 10.0 Å². The number of carboxylic acids is 1. The molecule has 7 heteroatoms. The Labute approximate surface area is 185 Å². The zero-order valence-corrected chi connectivity index (χ0v) is 18.1. The van der Waals surface area contributed by atoms with Crippen LogP contribution < -0.4 is 0 Å². The predicted octanol–water partition coefficient (Wildman–Crippen LogP) is 5.89. The summed E-state index contributed by atoms with van der Waals surface area (Å²) in [5.41, 5.74) is 2.63. The van der Waals surface area contributed by atoms with Crippen LogP contribution in [0.4, 0.5) is 4.39 Å². The van der Waals surface area contributed by atoms with Crippen molar-refractivity contribution in [3.63, 3.8) is 0 Å². The Morgan fingerprint density at radius 2 is 1.73 bits per heavy atom. The molecule has 0 unspecified atom stereocenters. The van der Waals surface area contributed by atoms with E-state index in [0.717, 1.165) is 55.5 Å². The Balaban J connectivity index is 1.34. The molecular formula is C23H24Cl2FNO3. The first-order valence-electron chi connectivity index (χ1n) is 10.2. The maximum Gasteiger partial charge on any atom is 0.338 e. The molecule has 4 rings (SSSR count). The number of halogens is 3. The van der Waals surface area contributed by atoms with Crippen LogP contribution >= 0.6 is 23.2 Å². The monoisotopic (exact) mass is 451 g/mol. The first-order chi connectivity index (χ1) is 14.4. The Morgan fingerprint density at radius 3 is 2.33 bits per heavy atom. The molecule has 0 radical (unpaired) electrons. The molecule has 2 aromatic carbocycles. The topological polar surface area (TPSA) is 49.8 Å². The van der Waals surface area contributed by atoms with Crippen LogP contribution in [0.15, 0.2) is 30.3 Å². The second-order valence-electron chi connectivity index (χ2n) is 8.17. The van der Waals surface area contributed by atoms with Crippen molar-refractivity contribution >= 4 is 29.2 Å². The average Bonchev–Trinajstić information content (AvgIpc) is 3.52. The van der Waals surface area contributed by atoms with E-state index in [4.69, 9.17) is 27.9 Å². The van der Waals surface area contributed by atoms with Crippen LogP contribution in [0, 0.1) is 5.82 Å². The summed E-state index contributed by atoms with van der Waals surface area (Å²) in [5.74, 6) is -1.50. The number of carboxylic acid groups (broad SMARTS) is 1. The highest BCUT2D eigenvalue weighted by Gasteiger charge is 2.29. The van der Waals surface area contributed by atoms with E-state index in [9.17, 15) is 14.3 Å². The van der Waals surface area contributed by atoms with Gasteiger partial charge in [-0.05, 0) is 78.6 Å². The van der Waals surface area contributed by atoms with Crippen molar-refractivity contribution in [2.75, 3.05) is 13.1 Å². The summed E-state index contributed by atoms with van der Waals surface area (Å²) in [6.45, 7) is 2.82. The number of carbonyl (C=O) groups is 1. The lowest BCUT2D eigenvalue weighted by molar-refractivity contribution is -0.00399. The fraction of sp³-hybridized carbons (Fsp3) is 0.435. The molecule has 0 spiro atoms. The largest absolute Gasteiger partial charge is 0.478 e. The molecule has 0 bridgehead atoms. The van der Waals surface area contributed by atoms with Crippen molar-refractivity contribution in [2.45, 2.75) is 50.9 Å². The van der Waals surface area contributed by atoms with Gasteiger partial charge in [-0.25, -0.2) is 9.18 Å².